The van der Waals surface area contributed by atoms with Gasteiger partial charge in [-0.15, -0.1) is 0 Å². The van der Waals surface area contributed by atoms with Gasteiger partial charge in [-0.05, 0) is 62.2 Å². The van der Waals surface area contributed by atoms with Crippen LogP contribution in [-0.2, 0) is 13.8 Å². The average molecular weight is 555 g/mol. The Morgan fingerprint density at radius 3 is 2.50 bits per heavy atom. The third kappa shape index (κ3) is 6.38. The summed E-state index contributed by atoms with van der Waals surface area (Å²) in [6.45, 7) is 1.45. The number of anilines is 5. The highest BCUT2D eigenvalue weighted by Gasteiger charge is 2.38. The second-order valence-corrected chi connectivity index (χ2v) is 9.99. The number of nitrogens with one attached hydrogen (secondary N) is 4. The summed E-state index contributed by atoms with van der Waals surface area (Å²) in [6, 6.07) is 9.14. The molecular formula is C24H26N8O4S2. The van der Waals surface area contributed by atoms with Crippen molar-refractivity contribution in [3.05, 3.63) is 53.3 Å². The predicted octanol–water partition coefficient (Wildman–Crippen LogP) is 4.61. The minimum Gasteiger partial charge on any atom is -0.472 e. The van der Waals surface area contributed by atoms with Gasteiger partial charge in [-0.1, -0.05) is 24.6 Å². The molecule has 4 N–H and O–H groups in total. The van der Waals surface area contributed by atoms with E-state index in [4.69, 9.17) is 8.60 Å². The molecule has 14 heteroatoms. The van der Waals surface area contributed by atoms with Crippen LogP contribution in [0.15, 0.2) is 52.2 Å². The predicted molar refractivity (Wildman–Crippen MR) is 148 cm³/mol. The summed E-state index contributed by atoms with van der Waals surface area (Å²) in [5, 5.41) is 10.5. The van der Waals surface area contributed by atoms with Crippen LogP contribution < -0.4 is 21.4 Å². The fourth-order valence-corrected chi connectivity index (χ4v) is 5.22. The van der Waals surface area contributed by atoms with E-state index in [-0.39, 0.29) is 29.8 Å². The molecule has 1 atom stereocenters. The van der Waals surface area contributed by atoms with E-state index < -0.39 is 5.56 Å². The van der Waals surface area contributed by atoms with Crippen LogP contribution in [0.3, 0.4) is 0 Å². The number of hydrazine groups is 1. The zero-order valence-corrected chi connectivity index (χ0v) is 22.1. The van der Waals surface area contributed by atoms with E-state index in [1.54, 1.807) is 42.7 Å². The Morgan fingerprint density at radius 2 is 1.82 bits per heavy atom. The Morgan fingerprint density at radius 1 is 1.11 bits per heavy atom. The molecule has 1 saturated heterocycles. The Kier molecular flexibility index (Phi) is 8.00. The van der Waals surface area contributed by atoms with Crippen molar-refractivity contribution >= 4 is 71.8 Å². The van der Waals surface area contributed by atoms with Crippen molar-refractivity contribution < 1.29 is 18.2 Å². The van der Waals surface area contributed by atoms with Crippen molar-refractivity contribution in [2.75, 3.05) is 21.4 Å². The van der Waals surface area contributed by atoms with Gasteiger partial charge in [0, 0.05) is 29.9 Å². The Labute approximate surface area is 228 Å². The molecule has 198 valence electrons. The van der Waals surface area contributed by atoms with Crippen LogP contribution >= 0.6 is 24.7 Å². The molecule has 2 fully saturated rings. The van der Waals surface area contributed by atoms with Gasteiger partial charge in [0.25, 0.3) is 5.91 Å². The standard InChI is InChI=1S/C24H26N8O4S2/c1-14(33)25-17-6-8-18(9-7-17)27-22-28-21(26-16-4-2-3-5-16)29-23(30-22)31-32-20(34)19(38-24(32)36-37)12-15-10-11-35-13-15/h6-13,16,24,37H,2-5H2,1H3,(H,25,33)(H3,26,27,28,29,30,31)/b19-12-. The molecule has 5 rings (SSSR count). The van der Waals surface area contributed by atoms with Crippen molar-refractivity contribution in [2.24, 2.45) is 0 Å². The molecule has 0 spiro atoms. The number of furan rings is 1. The minimum atomic E-state index is -0.760. The van der Waals surface area contributed by atoms with Crippen molar-refractivity contribution in [2.45, 2.75) is 44.2 Å². The van der Waals surface area contributed by atoms with Crippen molar-refractivity contribution in [1.29, 1.82) is 0 Å². The zero-order valence-electron chi connectivity index (χ0n) is 20.4. The van der Waals surface area contributed by atoms with Crippen LogP contribution in [0.2, 0.25) is 0 Å². The summed E-state index contributed by atoms with van der Waals surface area (Å²) >= 11 is 5.13. The maximum atomic E-state index is 13.2. The van der Waals surface area contributed by atoms with Crippen molar-refractivity contribution in [3.8, 4) is 0 Å². The van der Waals surface area contributed by atoms with Crippen LogP contribution in [0.25, 0.3) is 6.08 Å². The lowest BCUT2D eigenvalue weighted by molar-refractivity contribution is -0.127. The van der Waals surface area contributed by atoms with Gasteiger partial charge in [-0.2, -0.15) is 15.0 Å². The van der Waals surface area contributed by atoms with E-state index in [2.05, 4.69) is 49.2 Å². The van der Waals surface area contributed by atoms with E-state index in [0.717, 1.165) is 31.2 Å². The average Bonchev–Trinajstić information content (AvgIpc) is 3.65. The highest BCUT2D eigenvalue weighted by molar-refractivity contribution is 8.05. The third-order valence-corrected chi connectivity index (χ3v) is 7.20. The Bertz CT molecular complexity index is 1310. The lowest BCUT2D eigenvalue weighted by Crippen LogP contribution is -2.38. The lowest BCUT2D eigenvalue weighted by Gasteiger charge is -2.22. The molecular weight excluding hydrogens is 528 g/mol. The summed E-state index contributed by atoms with van der Waals surface area (Å²) in [5.74, 6) is 0.314. The second kappa shape index (κ2) is 11.8. The van der Waals surface area contributed by atoms with E-state index in [9.17, 15) is 9.59 Å². The first kappa shape index (κ1) is 25.9. The third-order valence-electron chi connectivity index (χ3n) is 5.80. The van der Waals surface area contributed by atoms with Gasteiger partial charge in [0.2, 0.25) is 29.3 Å². The number of carbonyl (C=O) groups is 2. The van der Waals surface area contributed by atoms with Gasteiger partial charge in [0.05, 0.1) is 17.4 Å². The van der Waals surface area contributed by atoms with Crippen molar-refractivity contribution in [1.82, 2.24) is 20.0 Å². The Balaban J connectivity index is 1.38. The molecule has 2 amide bonds. The SMILES string of the molecule is CC(=O)Nc1ccc(Nc2nc(NC3CCCC3)nc(NN3C(=O)/C(=C/c4ccoc4)SC3OS)n2)cc1. The number of rotatable bonds is 9. The minimum absolute atomic E-state index is 0.145. The zero-order chi connectivity index (χ0) is 26.5. The maximum absolute atomic E-state index is 13.2. The number of aromatic nitrogens is 3. The number of nitrogens with zero attached hydrogens (tertiary/aromatic N) is 4. The molecule has 3 heterocycles. The number of thioether (sulfide) groups is 1. The Hall–Kier alpha value is -3.75. The number of carbonyl (C=O) groups excluding carboxylic acids is 2. The molecule has 1 unspecified atom stereocenters. The first-order valence-electron chi connectivity index (χ1n) is 11.9. The second-order valence-electron chi connectivity index (χ2n) is 8.70. The highest BCUT2D eigenvalue weighted by Crippen LogP contribution is 2.37. The molecule has 2 aliphatic rings. The van der Waals surface area contributed by atoms with Gasteiger partial charge in [-0.3, -0.25) is 19.2 Å². The molecule has 1 aromatic carbocycles. The van der Waals surface area contributed by atoms with Gasteiger partial charge in [0.15, 0.2) is 0 Å². The highest BCUT2D eigenvalue weighted by atomic mass is 32.2. The van der Waals surface area contributed by atoms with Crippen LogP contribution in [0, 0.1) is 0 Å². The van der Waals surface area contributed by atoms with Gasteiger partial charge < -0.3 is 20.4 Å². The first-order valence-corrected chi connectivity index (χ1v) is 13.2. The molecule has 1 aliphatic heterocycles. The quantitative estimate of drug-likeness (QED) is 0.144. The van der Waals surface area contributed by atoms with Crippen LogP contribution in [0.4, 0.5) is 29.2 Å². The summed E-state index contributed by atoms with van der Waals surface area (Å²) < 4.78 is 10.3. The fraction of sp³-hybridized carbons (Fsp3) is 0.292. The number of amides is 2. The fourth-order valence-electron chi connectivity index (χ4n) is 4.08. The van der Waals surface area contributed by atoms with E-state index in [0.29, 0.717) is 22.2 Å². The summed E-state index contributed by atoms with van der Waals surface area (Å²) in [4.78, 5) is 38.4. The molecule has 1 saturated carbocycles. The van der Waals surface area contributed by atoms with Crippen LogP contribution in [-0.4, -0.2) is 43.4 Å². The maximum Gasteiger partial charge on any atom is 0.282 e. The van der Waals surface area contributed by atoms with Gasteiger partial charge >= 0.3 is 0 Å². The molecule has 2 aromatic heterocycles. The molecule has 0 bridgehead atoms. The number of hydrogen-bond donors (Lipinski definition) is 5. The normalized spacial score (nSPS) is 18.7. The number of benzene rings is 1. The van der Waals surface area contributed by atoms with Crippen LogP contribution in [0.5, 0.6) is 0 Å². The summed E-state index contributed by atoms with van der Waals surface area (Å²) in [7, 11) is 0. The lowest BCUT2D eigenvalue weighted by atomic mass is 10.2. The van der Waals surface area contributed by atoms with E-state index >= 15 is 0 Å². The summed E-state index contributed by atoms with van der Waals surface area (Å²) in [5.41, 5.74) is 4.33. The molecule has 38 heavy (non-hydrogen) atoms. The monoisotopic (exact) mass is 554 g/mol. The molecule has 3 aromatic rings. The van der Waals surface area contributed by atoms with Crippen molar-refractivity contribution in [3.63, 3.8) is 0 Å². The van der Waals surface area contributed by atoms with Gasteiger partial charge in [-0.25, -0.2) is 5.01 Å². The number of thiol groups is 1. The van der Waals surface area contributed by atoms with E-state index in [1.165, 1.54) is 30.0 Å². The molecule has 0 radical (unpaired) electrons. The van der Waals surface area contributed by atoms with E-state index in [1.807, 2.05) is 0 Å². The molecule has 12 nitrogen and oxygen atoms in total. The number of hydrogen-bond acceptors (Lipinski definition) is 12. The first-order chi connectivity index (χ1) is 18.5. The topological polar surface area (TPSA) is 147 Å². The van der Waals surface area contributed by atoms with Crippen LogP contribution in [0.1, 0.15) is 38.2 Å². The summed E-state index contributed by atoms with van der Waals surface area (Å²) in [6.07, 6.45) is 9.13. The molecule has 1 aliphatic carbocycles. The smallest absolute Gasteiger partial charge is 0.282 e. The van der Waals surface area contributed by atoms with Gasteiger partial charge in [0.1, 0.15) is 0 Å². The largest absolute Gasteiger partial charge is 0.472 e.